The number of methoxy groups -OCH3 is 1. The first-order chi connectivity index (χ1) is 14.5. The summed E-state index contributed by atoms with van der Waals surface area (Å²) in [6.45, 7) is 7.81. The van der Waals surface area contributed by atoms with Crippen LogP contribution in [0.2, 0.25) is 0 Å². The van der Waals surface area contributed by atoms with Crippen molar-refractivity contribution < 1.29 is 19.1 Å². The molecular formula is C23H33N3O4. The first-order valence-corrected chi connectivity index (χ1v) is 11.2. The minimum absolute atomic E-state index is 0.00159. The van der Waals surface area contributed by atoms with Crippen LogP contribution in [0.25, 0.3) is 0 Å². The van der Waals surface area contributed by atoms with Gasteiger partial charge in [-0.2, -0.15) is 0 Å². The molecule has 0 aromatic heterocycles. The average molecular weight is 416 g/mol. The second-order valence-electron chi connectivity index (χ2n) is 8.71. The van der Waals surface area contributed by atoms with E-state index in [9.17, 15) is 9.59 Å². The monoisotopic (exact) mass is 415 g/mol. The van der Waals surface area contributed by atoms with Crippen molar-refractivity contribution in [1.29, 1.82) is 0 Å². The summed E-state index contributed by atoms with van der Waals surface area (Å²) in [5.41, 5.74) is -0.175. The van der Waals surface area contributed by atoms with E-state index in [2.05, 4.69) is 29.4 Å². The highest BCUT2D eigenvalue weighted by atomic mass is 16.5. The van der Waals surface area contributed by atoms with E-state index in [4.69, 9.17) is 9.47 Å². The second-order valence-corrected chi connectivity index (χ2v) is 8.71. The van der Waals surface area contributed by atoms with Gasteiger partial charge in [0.15, 0.2) is 5.72 Å². The fourth-order valence-electron chi connectivity index (χ4n) is 5.45. The van der Waals surface area contributed by atoms with Crippen LogP contribution in [0.15, 0.2) is 18.2 Å². The molecule has 3 fully saturated rings. The Morgan fingerprint density at radius 1 is 1.33 bits per heavy atom. The molecule has 1 aromatic rings. The molecular weight excluding hydrogens is 382 g/mol. The third-order valence-electron chi connectivity index (χ3n) is 7.23. The van der Waals surface area contributed by atoms with E-state index in [1.807, 2.05) is 0 Å². The summed E-state index contributed by atoms with van der Waals surface area (Å²) in [4.78, 5) is 28.0. The van der Waals surface area contributed by atoms with E-state index in [-0.39, 0.29) is 29.6 Å². The highest BCUT2D eigenvalue weighted by Crippen LogP contribution is 2.52. The van der Waals surface area contributed by atoms with Gasteiger partial charge in [-0.05, 0) is 50.4 Å². The summed E-state index contributed by atoms with van der Waals surface area (Å²) in [5, 5.41) is 6.29. The van der Waals surface area contributed by atoms with Crippen LogP contribution in [0.5, 0.6) is 11.5 Å². The number of likely N-dealkylation sites (N-methyl/N-ethyl adjacent to an activating group) is 1. The lowest BCUT2D eigenvalue weighted by Crippen LogP contribution is -2.67. The minimum atomic E-state index is -0.711. The molecule has 3 aliphatic carbocycles. The predicted octanol–water partition coefficient (Wildman–Crippen LogP) is 2.41. The number of carbonyl (C=O) groups excluding carboxylic acids is 2. The van der Waals surface area contributed by atoms with Gasteiger partial charge in [-0.25, -0.2) is 0 Å². The smallest absolute Gasteiger partial charge is 0.258 e. The number of amides is 2. The van der Waals surface area contributed by atoms with E-state index < -0.39 is 5.72 Å². The first-order valence-electron chi connectivity index (χ1n) is 11.2. The normalized spacial score (nSPS) is 29.3. The first kappa shape index (κ1) is 21.0. The van der Waals surface area contributed by atoms with E-state index in [0.29, 0.717) is 30.0 Å². The lowest BCUT2D eigenvalue weighted by Gasteiger charge is -2.55. The number of fused-ring (bicyclic) bond motifs is 3. The molecule has 4 atom stereocenters. The molecule has 30 heavy (non-hydrogen) atoms. The van der Waals surface area contributed by atoms with E-state index >= 15 is 0 Å². The van der Waals surface area contributed by atoms with Gasteiger partial charge in [-0.15, -0.1) is 0 Å². The van der Waals surface area contributed by atoms with Crippen LogP contribution < -0.4 is 20.1 Å². The SMILES string of the molecule is CCN(CC)CCNC(=O)[C@@H]1C[C@H]2CC[C@@H]1C[C@@]21NC(=O)c2ccc(OC)cc2O1. The van der Waals surface area contributed by atoms with Crippen LogP contribution in [0.3, 0.4) is 0 Å². The summed E-state index contributed by atoms with van der Waals surface area (Å²) in [5.74, 6) is 1.64. The number of nitrogens with one attached hydrogen (secondary N) is 2. The van der Waals surface area contributed by atoms with Crippen molar-refractivity contribution in [2.24, 2.45) is 17.8 Å². The van der Waals surface area contributed by atoms with Crippen molar-refractivity contribution in [3.63, 3.8) is 0 Å². The van der Waals surface area contributed by atoms with E-state index in [1.165, 1.54) is 0 Å². The average Bonchev–Trinajstić information content (AvgIpc) is 2.76. The van der Waals surface area contributed by atoms with Crippen molar-refractivity contribution in [2.75, 3.05) is 33.3 Å². The van der Waals surface area contributed by atoms with Crippen LogP contribution in [0.4, 0.5) is 0 Å². The topological polar surface area (TPSA) is 79.9 Å². The van der Waals surface area contributed by atoms with Crippen LogP contribution in [-0.4, -0.2) is 55.7 Å². The second kappa shape index (κ2) is 8.46. The summed E-state index contributed by atoms with van der Waals surface area (Å²) in [7, 11) is 1.60. The van der Waals surface area contributed by atoms with Crippen LogP contribution in [-0.2, 0) is 4.79 Å². The lowest BCUT2D eigenvalue weighted by atomic mass is 9.60. The molecule has 7 heteroatoms. The Kier molecular flexibility index (Phi) is 5.91. The predicted molar refractivity (Wildman–Crippen MR) is 114 cm³/mol. The zero-order valence-electron chi connectivity index (χ0n) is 18.2. The third kappa shape index (κ3) is 3.75. The Labute approximate surface area is 178 Å². The van der Waals surface area contributed by atoms with Crippen molar-refractivity contribution in [2.45, 2.75) is 45.3 Å². The Bertz CT molecular complexity index is 810. The maximum Gasteiger partial charge on any atom is 0.258 e. The molecule has 164 valence electrons. The third-order valence-corrected chi connectivity index (χ3v) is 7.23. The standard InChI is InChI=1S/C23H33N3O4/c1-4-26(5-2)11-10-24-21(27)19-12-16-7-6-15(19)14-23(16)25-22(28)18-9-8-17(29-3)13-20(18)30-23/h8-9,13,15-16,19H,4-7,10-12,14H2,1-3H3,(H,24,27)(H,25,28)/t15-,16-,19-,23+/m1/s1. The largest absolute Gasteiger partial charge is 0.497 e. The van der Waals surface area contributed by atoms with Gasteiger partial charge in [0.25, 0.3) is 5.91 Å². The van der Waals surface area contributed by atoms with Gasteiger partial charge in [-0.1, -0.05) is 13.8 Å². The number of benzene rings is 1. The maximum atomic E-state index is 12.9. The van der Waals surface area contributed by atoms with Gasteiger partial charge < -0.3 is 25.0 Å². The minimum Gasteiger partial charge on any atom is -0.497 e. The molecule has 3 saturated carbocycles. The Morgan fingerprint density at radius 3 is 2.80 bits per heavy atom. The fourth-order valence-corrected chi connectivity index (χ4v) is 5.45. The van der Waals surface area contributed by atoms with Crippen molar-refractivity contribution in [3.05, 3.63) is 23.8 Å². The van der Waals surface area contributed by atoms with Crippen LogP contribution in [0, 0.1) is 17.8 Å². The zero-order valence-corrected chi connectivity index (χ0v) is 18.2. The fraction of sp³-hybridized carbons (Fsp3) is 0.652. The molecule has 4 aliphatic rings. The van der Waals surface area contributed by atoms with Gasteiger partial charge in [0.2, 0.25) is 5.91 Å². The highest BCUT2D eigenvalue weighted by molar-refractivity contribution is 5.98. The van der Waals surface area contributed by atoms with Crippen molar-refractivity contribution >= 4 is 11.8 Å². The van der Waals surface area contributed by atoms with Crippen molar-refractivity contribution in [1.82, 2.24) is 15.5 Å². The summed E-state index contributed by atoms with van der Waals surface area (Å²) >= 11 is 0. The molecule has 0 saturated heterocycles. The van der Waals surface area contributed by atoms with E-state index in [1.54, 1.807) is 25.3 Å². The molecule has 0 unspecified atom stereocenters. The number of hydrogen-bond acceptors (Lipinski definition) is 5. The molecule has 1 aromatic carbocycles. The zero-order chi connectivity index (χ0) is 21.3. The highest BCUT2D eigenvalue weighted by Gasteiger charge is 2.57. The molecule has 2 bridgehead atoms. The number of hydrogen-bond donors (Lipinski definition) is 2. The quantitative estimate of drug-likeness (QED) is 0.715. The van der Waals surface area contributed by atoms with Crippen LogP contribution in [0.1, 0.15) is 49.9 Å². The van der Waals surface area contributed by atoms with Gasteiger partial charge in [0, 0.05) is 37.4 Å². The molecule has 1 heterocycles. The van der Waals surface area contributed by atoms with Gasteiger partial charge >= 0.3 is 0 Å². The number of carbonyl (C=O) groups is 2. The Balaban J connectivity index is 1.44. The van der Waals surface area contributed by atoms with Crippen LogP contribution >= 0.6 is 0 Å². The molecule has 1 aliphatic heterocycles. The molecule has 5 rings (SSSR count). The van der Waals surface area contributed by atoms with Gasteiger partial charge in [0.1, 0.15) is 11.5 Å². The molecule has 2 N–H and O–H groups in total. The summed E-state index contributed by atoms with van der Waals surface area (Å²) in [6, 6.07) is 5.30. The maximum absolute atomic E-state index is 12.9. The molecule has 0 radical (unpaired) electrons. The Morgan fingerprint density at radius 2 is 2.13 bits per heavy atom. The summed E-state index contributed by atoms with van der Waals surface area (Å²) in [6.07, 6.45) is 3.40. The van der Waals surface area contributed by atoms with Gasteiger partial charge in [0.05, 0.1) is 12.7 Å². The molecule has 1 spiro atoms. The van der Waals surface area contributed by atoms with Crippen molar-refractivity contribution in [3.8, 4) is 11.5 Å². The van der Waals surface area contributed by atoms with E-state index in [0.717, 1.165) is 38.9 Å². The van der Waals surface area contributed by atoms with Gasteiger partial charge in [-0.3, -0.25) is 9.59 Å². The number of nitrogens with zero attached hydrogens (tertiary/aromatic N) is 1. The number of ether oxygens (including phenoxy) is 2. The number of rotatable bonds is 7. The molecule has 2 amide bonds. The molecule has 7 nitrogen and oxygen atoms in total. The summed E-state index contributed by atoms with van der Waals surface area (Å²) < 4.78 is 11.7. The lowest BCUT2D eigenvalue weighted by molar-refractivity contribution is -0.146. The Hall–Kier alpha value is -2.28.